The highest BCUT2D eigenvalue weighted by Crippen LogP contribution is 2.62. The Bertz CT molecular complexity index is 2700. The van der Waals surface area contributed by atoms with Gasteiger partial charge in [-0.2, -0.15) is 0 Å². The number of hydrogen-bond donors (Lipinski definition) is 0. The average Bonchev–Trinajstić information content (AvgIpc) is 3.47. The molecule has 0 spiro atoms. The van der Waals surface area contributed by atoms with E-state index < -0.39 is 5.41 Å². The number of ether oxygens (including phenoxy) is 2. The first-order valence-corrected chi connectivity index (χ1v) is 18.8. The number of para-hydroxylation sites is 2. The lowest BCUT2D eigenvalue weighted by molar-refractivity contribution is 0.443. The van der Waals surface area contributed by atoms with E-state index in [2.05, 4.69) is 133 Å². The normalized spacial score (nSPS) is 15.4. The van der Waals surface area contributed by atoms with Crippen molar-refractivity contribution < 1.29 is 9.47 Å². The average molecular weight is 682 g/mol. The van der Waals surface area contributed by atoms with Crippen LogP contribution in [0.25, 0.3) is 22.3 Å². The van der Waals surface area contributed by atoms with Crippen molar-refractivity contribution in [3.05, 3.63) is 196 Å². The molecule has 252 valence electrons. The summed E-state index contributed by atoms with van der Waals surface area (Å²) < 4.78 is 13.3. The van der Waals surface area contributed by atoms with E-state index in [0.29, 0.717) is 6.42 Å². The summed E-state index contributed by atoms with van der Waals surface area (Å²) in [4.78, 5) is 2.31. The van der Waals surface area contributed by atoms with Crippen molar-refractivity contribution in [1.82, 2.24) is 0 Å². The van der Waals surface area contributed by atoms with Gasteiger partial charge in [0.1, 0.15) is 5.69 Å². The number of nitrogens with zero attached hydrogens (tertiary/aromatic N) is 1. The molecular formula is C50H35NO2. The van der Waals surface area contributed by atoms with Crippen LogP contribution in [0.3, 0.4) is 0 Å². The molecule has 3 aliphatic carbocycles. The third-order valence-electron chi connectivity index (χ3n) is 12.5. The van der Waals surface area contributed by atoms with Crippen LogP contribution >= 0.6 is 0 Å². The van der Waals surface area contributed by atoms with Crippen molar-refractivity contribution in [3.8, 4) is 45.3 Å². The summed E-state index contributed by atoms with van der Waals surface area (Å²) in [7, 11) is 0. The van der Waals surface area contributed by atoms with Gasteiger partial charge in [-0.1, -0.05) is 103 Å². The second-order valence-electron chi connectivity index (χ2n) is 15.1. The summed E-state index contributed by atoms with van der Waals surface area (Å²) >= 11 is 0. The van der Waals surface area contributed by atoms with Crippen LogP contribution in [-0.2, 0) is 37.5 Å². The maximum absolute atomic E-state index is 6.90. The number of rotatable bonds is 5. The van der Waals surface area contributed by atoms with Gasteiger partial charge in [0, 0.05) is 5.56 Å². The molecule has 53 heavy (non-hydrogen) atoms. The fraction of sp³-hybridized carbons (Fsp3) is 0.120. The monoisotopic (exact) mass is 681 g/mol. The number of anilines is 3. The molecular weight excluding hydrogens is 647 g/mol. The van der Waals surface area contributed by atoms with Crippen LogP contribution < -0.4 is 14.4 Å². The number of hydrogen-bond acceptors (Lipinski definition) is 3. The summed E-state index contributed by atoms with van der Waals surface area (Å²) in [6.45, 7) is 4.04. The Hall–Kier alpha value is -6.32. The van der Waals surface area contributed by atoms with Crippen molar-refractivity contribution in [3.63, 3.8) is 0 Å². The molecule has 3 heteroatoms. The van der Waals surface area contributed by atoms with Crippen LogP contribution in [0, 0.1) is 0 Å². The van der Waals surface area contributed by atoms with Gasteiger partial charge < -0.3 is 9.47 Å². The minimum atomic E-state index is -0.422. The Labute approximate surface area is 309 Å². The Morgan fingerprint density at radius 3 is 1.98 bits per heavy atom. The highest BCUT2D eigenvalue weighted by Gasteiger charge is 2.47. The molecule has 0 atom stereocenters. The third kappa shape index (κ3) is 3.89. The summed E-state index contributed by atoms with van der Waals surface area (Å²) in [5.41, 5.74) is 19.9. The molecule has 2 heterocycles. The third-order valence-corrected chi connectivity index (χ3v) is 12.5. The standard InChI is InChI=1S/C50H35NO2/c1-2-7-32-20-25-46-48-49(32)53-47-29-36(19-24-44(47)51(48)43-10-5-6-11-45(43)52-46)35-18-23-40-39-8-3-4-9-41(39)50(42(40)28-35,37-21-16-30-12-14-33(30)26-37)38-22-17-31-13-15-34(31)27-38/h2-6,8-11,16-29H,1,7,12-15H2. The maximum atomic E-state index is 6.90. The lowest BCUT2D eigenvalue weighted by Gasteiger charge is -2.38. The number of fused-ring (bicyclic) bond motifs is 9. The first-order chi connectivity index (χ1) is 26.2. The molecule has 0 unspecified atom stereocenters. The molecule has 0 amide bonds. The zero-order valence-corrected chi connectivity index (χ0v) is 29.3. The second-order valence-corrected chi connectivity index (χ2v) is 15.1. The SMILES string of the molecule is C=CCc1ccc2c3c1Oc1cc(-c4ccc5c(c4)C(c4ccc6c(c4)CC6)(c4ccc6c(c4)CC6)c4ccccc4-5)ccc1N3c1ccccc1O2. The van der Waals surface area contributed by atoms with Crippen LogP contribution in [0.5, 0.6) is 23.0 Å². The van der Waals surface area contributed by atoms with E-state index >= 15 is 0 Å². The topological polar surface area (TPSA) is 21.7 Å². The molecule has 0 N–H and O–H groups in total. The Kier molecular flexibility index (Phi) is 5.86. The molecule has 0 bridgehead atoms. The lowest BCUT2D eigenvalue weighted by Crippen LogP contribution is -2.30. The second kappa shape index (κ2) is 10.6. The van der Waals surface area contributed by atoms with E-state index in [0.717, 1.165) is 64.0 Å². The van der Waals surface area contributed by atoms with Gasteiger partial charge in [0.25, 0.3) is 0 Å². The fourth-order valence-electron chi connectivity index (χ4n) is 9.71. The zero-order chi connectivity index (χ0) is 34.8. The van der Waals surface area contributed by atoms with Crippen LogP contribution in [0.4, 0.5) is 17.1 Å². The first-order valence-electron chi connectivity index (χ1n) is 18.8. The van der Waals surface area contributed by atoms with Gasteiger partial charge in [-0.25, -0.2) is 0 Å². The quantitative estimate of drug-likeness (QED) is 0.169. The Morgan fingerprint density at radius 1 is 0.547 bits per heavy atom. The molecule has 0 saturated carbocycles. The predicted octanol–water partition coefficient (Wildman–Crippen LogP) is 12.3. The number of aryl methyl sites for hydroxylation is 4. The summed E-state index contributed by atoms with van der Waals surface area (Å²) in [5.74, 6) is 3.28. The minimum Gasteiger partial charge on any atom is -0.453 e. The molecule has 12 rings (SSSR count). The van der Waals surface area contributed by atoms with Crippen molar-refractivity contribution in [2.45, 2.75) is 37.5 Å². The molecule has 2 aliphatic heterocycles. The lowest BCUT2D eigenvalue weighted by atomic mass is 9.65. The van der Waals surface area contributed by atoms with Gasteiger partial charge in [-0.05, 0) is 135 Å². The Morgan fingerprint density at radius 2 is 1.23 bits per heavy atom. The smallest absolute Gasteiger partial charge is 0.158 e. The molecule has 0 aromatic heterocycles. The van der Waals surface area contributed by atoms with Gasteiger partial charge in [0.05, 0.1) is 16.8 Å². The van der Waals surface area contributed by atoms with Crippen LogP contribution in [-0.4, -0.2) is 0 Å². The highest BCUT2D eigenvalue weighted by atomic mass is 16.5. The molecule has 0 saturated heterocycles. The van der Waals surface area contributed by atoms with Gasteiger partial charge in [-0.15, -0.1) is 6.58 Å². The van der Waals surface area contributed by atoms with Crippen LogP contribution in [0.15, 0.2) is 146 Å². The van der Waals surface area contributed by atoms with Gasteiger partial charge >= 0.3 is 0 Å². The van der Waals surface area contributed by atoms with Gasteiger partial charge in [0.2, 0.25) is 0 Å². The van der Waals surface area contributed by atoms with Crippen LogP contribution in [0.2, 0.25) is 0 Å². The van der Waals surface area contributed by atoms with Gasteiger partial charge in [0.15, 0.2) is 23.0 Å². The number of allylic oxidation sites excluding steroid dienone is 1. The molecule has 0 fully saturated rings. The molecule has 7 aromatic rings. The number of benzene rings is 7. The van der Waals surface area contributed by atoms with Gasteiger partial charge in [-0.3, -0.25) is 4.90 Å². The summed E-state index contributed by atoms with van der Waals surface area (Å²) in [6.07, 6.45) is 7.29. The van der Waals surface area contributed by atoms with E-state index in [4.69, 9.17) is 9.47 Å². The van der Waals surface area contributed by atoms with E-state index in [9.17, 15) is 0 Å². The van der Waals surface area contributed by atoms with E-state index in [-0.39, 0.29) is 0 Å². The minimum absolute atomic E-state index is 0.422. The van der Waals surface area contributed by atoms with Crippen molar-refractivity contribution >= 4 is 17.1 Å². The molecule has 3 nitrogen and oxygen atoms in total. The first kappa shape index (κ1) is 29.3. The fourth-order valence-corrected chi connectivity index (χ4v) is 9.71. The summed E-state index contributed by atoms with van der Waals surface area (Å²) in [5, 5.41) is 0. The van der Waals surface area contributed by atoms with Crippen LogP contribution in [0.1, 0.15) is 50.1 Å². The molecule has 7 aromatic carbocycles. The summed E-state index contributed by atoms with van der Waals surface area (Å²) in [6, 6.07) is 49.9. The van der Waals surface area contributed by atoms with Crippen molar-refractivity contribution in [2.75, 3.05) is 4.90 Å². The zero-order valence-electron chi connectivity index (χ0n) is 29.3. The largest absolute Gasteiger partial charge is 0.453 e. The van der Waals surface area contributed by atoms with E-state index in [1.54, 1.807) is 0 Å². The van der Waals surface area contributed by atoms with Crippen molar-refractivity contribution in [1.29, 1.82) is 0 Å². The highest BCUT2D eigenvalue weighted by molar-refractivity contribution is 5.95. The van der Waals surface area contributed by atoms with Crippen molar-refractivity contribution in [2.24, 2.45) is 0 Å². The predicted molar refractivity (Wildman–Crippen MR) is 213 cm³/mol. The molecule has 5 aliphatic rings. The van der Waals surface area contributed by atoms with E-state index in [1.165, 1.54) is 74.0 Å². The maximum Gasteiger partial charge on any atom is 0.158 e. The molecule has 0 radical (unpaired) electrons. The van der Waals surface area contributed by atoms with E-state index in [1.807, 2.05) is 18.2 Å². The Balaban J connectivity index is 1.06.